The van der Waals surface area contributed by atoms with E-state index in [1.54, 1.807) is 17.0 Å². The Morgan fingerprint density at radius 2 is 1.69 bits per heavy atom. The number of rotatable bonds is 7. The molecule has 0 bridgehead atoms. The van der Waals surface area contributed by atoms with Gasteiger partial charge in [0.15, 0.2) is 0 Å². The van der Waals surface area contributed by atoms with E-state index in [0.29, 0.717) is 34.1 Å². The van der Waals surface area contributed by atoms with Crippen molar-refractivity contribution in [2.45, 2.75) is 47.0 Å². The Labute approximate surface area is 208 Å². The Morgan fingerprint density at radius 3 is 2.36 bits per heavy atom. The van der Waals surface area contributed by atoms with Crippen molar-refractivity contribution in [3.8, 4) is 28.5 Å². The first kappa shape index (κ1) is 23.6. The first-order chi connectivity index (χ1) is 17.3. The lowest BCUT2D eigenvalue weighted by atomic mass is 10.1. The van der Waals surface area contributed by atoms with Crippen molar-refractivity contribution in [1.82, 2.24) is 19.2 Å². The fraction of sp³-hybridized carbons (Fsp3) is 0.250. The number of aromatic nitrogens is 4. The molecule has 0 spiro atoms. The number of hydrogen-bond donors (Lipinski definition) is 1. The lowest BCUT2D eigenvalue weighted by molar-refractivity contribution is 0.242. The summed E-state index contributed by atoms with van der Waals surface area (Å²) in [5.41, 5.74) is 4.63. The lowest BCUT2D eigenvalue weighted by Crippen LogP contribution is -2.23. The van der Waals surface area contributed by atoms with Gasteiger partial charge in [-0.2, -0.15) is 5.10 Å². The standard InChI is InChI=1S/C28H28N4O4/c1-17(2)35-22-11-9-21(10-12-22)27-29-24(19(4)36-27)15-31-13-14-32-26(28(31)34)23(16-33)25(30-32)20-7-5-18(3)6-8-20/h5-14,17,33H,15-16H2,1-4H3. The largest absolute Gasteiger partial charge is 0.491 e. The quantitative estimate of drug-likeness (QED) is 0.358. The summed E-state index contributed by atoms with van der Waals surface area (Å²) in [4.78, 5) is 18.1. The third-order valence-electron chi connectivity index (χ3n) is 6.03. The van der Waals surface area contributed by atoms with Gasteiger partial charge in [-0.25, -0.2) is 9.50 Å². The van der Waals surface area contributed by atoms with Crippen LogP contribution >= 0.6 is 0 Å². The fourth-order valence-corrected chi connectivity index (χ4v) is 4.18. The van der Waals surface area contributed by atoms with Crippen molar-refractivity contribution < 1.29 is 14.3 Å². The highest BCUT2D eigenvalue weighted by Crippen LogP contribution is 2.27. The number of fused-ring (bicyclic) bond motifs is 1. The monoisotopic (exact) mass is 484 g/mol. The maximum atomic E-state index is 13.4. The van der Waals surface area contributed by atoms with E-state index in [9.17, 15) is 9.90 Å². The molecule has 0 fully saturated rings. The second-order valence-electron chi connectivity index (χ2n) is 9.09. The third-order valence-corrected chi connectivity index (χ3v) is 6.03. The van der Waals surface area contributed by atoms with Crippen molar-refractivity contribution in [3.05, 3.63) is 93.9 Å². The van der Waals surface area contributed by atoms with Gasteiger partial charge in [0.05, 0.1) is 24.9 Å². The maximum Gasteiger partial charge on any atom is 0.277 e. The number of nitrogens with zero attached hydrogens (tertiary/aromatic N) is 4. The van der Waals surface area contributed by atoms with Crippen LogP contribution in [-0.2, 0) is 13.2 Å². The summed E-state index contributed by atoms with van der Waals surface area (Å²) in [7, 11) is 0. The van der Waals surface area contributed by atoms with Crippen LogP contribution in [0.3, 0.4) is 0 Å². The first-order valence-electron chi connectivity index (χ1n) is 11.9. The zero-order valence-corrected chi connectivity index (χ0v) is 20.7. The Balaban J connectivity index is 1.48. The van der Waals surface area contributed by atoms with Gasteiger partial charge in [-0.15, -0.1) is 0 Å². The molecule has 5 rings (SSSR count). The molecule has 0 saturated carbocycles. The molecule has 184 valence electrons. The molecule has 0 aliphatic carbocycles. The fourth-order valence-electron chi connectivity index (χ4n) is 4.18. The minimum Gasteiger partial charge on any atom is -0.491 e. The molecule has 2 aromatic carbocycles. The highest BCUT2D eigenvalue weighted by Gasteiger charge is 2.19. The number of aliphatic hydroxyl groups excluding tert-OH is 1. The van der Waals surface area contributed by atoms with Crippen LogP contribution in [0.2, 0.25) is 0 Å². The Morgan fingerprint density at radius 1 is 1.00 bits per heavy atom. The second kappa shape index (κ2) is 9.47. The molecule has 0 atom stereocenters. The van der Waals surface area contributed by atoms with Crippen LogP contribution in [0.5, 0.6) is 5.75 Å². The smallest absolute Gasteiger partial charge is 0.277 e. The Hall–Kier alpha value is -4.17. The molecule has 8 nitrogen and oxygen atoms in total. The Bertz CT molecular complexity index is 1580. The van der Waals surface area contributed by atoms with Gasteiger partial charge < -0.3 is 18.8 Å². The van der Waals surface area contributed by atoms with Crippen LogP contribution in [0.1, 0.15) is 36.4 Å². The highest BCUT2D eigenvalue weighted by atomic mass is 16.5. The van der Waals surface area contributed by atoms with Crippen molar-refractivity contribution in [3.63, 3.8) is 0 Å². The van der Waals surface area contributed by atoms with Gasteiger partial charge in [-0.05, 0) is 52.0 Å². The van der Waals surface area contributed by atoms with Crippen molar-refractivity contribution >= 4 is 5.52 Å². The zero-order chi connectivity index (χ0) is 25.4. The van der Waals surface area contributed by atoms with Gasteiger partial charge in [0, 0.05) is 29.1 Å². The molecule has 3 heterocycles. The van der Waals surface area contributed by atoms with E-state index < -0.39 is 0 Å². The van der Waals surface area contributed by atoms with Gasteiger partial charge in [0.25, 0.3) is 5.56 Å². The average Bonchev–Trinajstić information content (AvgIpc) is 3.42. The molecule has 0 saturated heterocycles. The SMILES string of the molecule is Cc1ccc(-c2nn3ccn(Cc4nc(-c5ccc(OC(C)C)cc5)oc4C)c(=O)c3c2CO)cc1. The number of aliphatic hydroxyl groups is 1. The van der Waals surface area contributed by atoms with E-state index in [2.05, 4.69) is 10.1 Å². The van der Waals surface area contributed by atoms with Crippen LogP contribution in [0.4, 0.5) is 0 Å². The van der Waals surface area contributed by atoms with Crippen LogP contribution in [0.25, 0.3) is 28.2 Å². The van der Waals surface area contributed by atoms with Crippen molar-refractivity contribution in [1.29, 1.82) is 0 Å². The number of oxazole rings is 1. The van der Waals surface area contributed by atoms with Crippen LogP contribution in [0.15, 0.2) is 70.1 Å². The van der Waals surface area contributed by atoms with E-state index in [4.69, 9.17) is 9.15 Å². The predicted molar refractivity (Wildman–Crippen MR) is 137 cm³/mol. The van der Waals surface area contributed by atoms with Gasteiger partial charge >= 0.3 is 0 Å². The van der Waals surface area contributed by atoms with Crippen LogP contribution in [0, 0.1) is 13.8 Å². The summed E-state index contributed by atoms with van der Waals surface area (Å²) in [6.45, 7) is 7.73. The predicted octanol–water partition coefficient (Wildman–Crippen LogP) is 4.76. The normalized spacial score (nSPS) is 11.5. The van der Waals surface area contributed by atoms with Gasteiger partial charge in [0.2, 0.25) is 5.89 Å². The first-order valence-corrected chi connectivity index (χ1v) is 11.9. The summed E-state index contributed by atoms with van der Waals surface area (Å²) >= 11 is 0. The van der Waals surface area contributed by atoms with E-state index in [1.165, 1.54) is 4.52 Å². The molecule has 36 heavy (non-hydrogen) atoms. The number of hydrogen-bond acceptors (Lipinski definition) is 6. The minimum atomic E-state index is -0.296. The van der Waals surface area contributed by atoms with Crippen LogP contribution in [-0.4, -0.2) is 30.4 Å². The molecular formula is C28H28N4O4. The molecule has 0 aliphatic heterocycles. The number of benzene rings is 2. The lowest BCUT2D eigenvalue weighted by Gasteiger charge is -2.09. The van der Waals surface area contributed by atoms with Gasteiger partial charge in [-0.3, -0.25) is 4.79 Å². The molecular weight excluding hydrogens is 456 g/mol. The van der Waals surface area contributed by atoms with Crippen LogP contribution < -0.4 is 10.3 Å². The summed E-state index contributed by atoms with van der Waals surface area (Å²) in [5.74, 6) is 1.90. The summed E-state index contributed by atoms with van der Waals surface area (Å²) < 4.78 is 14.7. The van der Waals surface area contributed by atoms with Gasteiger partial charge in [0.1, 0.15) is 22.7 Å². The topological polar surface area (TPSA) is 94.8 Å². The van der Waals surface area contributed by atoms with E-state index in [-0.39, 0.29) is 24.8 Å². The van der Waals surface area contributed by atoms with Crippen molar-refractivity contribution in [2.24, 2.45) is 0 Å². The third kappa shape index (κ3) is 4.43. The molecule has 3 aromatic heterocycles. The minimum absolute atomic E-state index is 0.0946. The summed E-state index contributed by atoms with van der Waals surface area (Å²) in [5, 5.41) is 14.7. The summed E-state index contributed by atoms with van der Waals surface area (Å²) in [6.07, 6.45) is 3.49. The zero-order valence-electron chi connectivity index (χ0n) is 20.7. The van der Waals surface area contributed by atoms with E-state index in [0.717, 1.165) is 22.4 Å². The van der Waals surface area contributed by atoms with E-state index >= 15 is 0 Å². The van der Waals surface area contributed by atoms with E-state index in [1.807, 2.05) is 76.2 Å². The van der Waals surface area contributed by atoms with Gasteiger partial charge in [-0.1, -0.05) is 29.8 Å². The second-order valence-corrected chi connectivity index (χ2v) is 9.09. The molecule has 5 aromatic rings. The maximum absolute atomic E-state index is 13.4. The summed E-state index contributed by atoms with van der Waals surface area (Å²) in [6, 6.07) is 15.4. The molecule has 0 radical (unpaired) electrons. The molecule has 0 unspecified atom stereocenters. The Kier molecular flexibility index (Phi) is 6.20. The van der Waals surface area contributed by atoms with Crippen molar-refractivity contribution in [2.75, 3.05) is 0 Å². The molecule has 8 heteroatoms. The average molecular weight is 485 g/mol. The molecule has 0 amide bonds. The molecule has 0 aliphatic rings. The number of aryl methyl sites for hydroxylation is 2. The number of ether oxygens (including phenoxy) is 1. The highest BCUT2D eigenvalue weighted by molar-refractivity contribution is 5.72. The molecule has 1 N–H and O–H groups in total.